The van der Waals surface area contributed by atoms with E-state index in [9.17, 15) is 0 Å². The minimum absolute atomic E-state index is 0.841. The third-order valence-corrected chi connectivity index (χ3v) is 3.91. The van der Waals surface area contributed by atoms with Crippen LogP contribution in [-0.2, 0) is 13.1 Å². The highest BCUT2D eigenvalue weighted by Crippen LogP contribution is 2.21. The van der Waals surface area contributed by atoms with Crippen molar-refractivity contribution >= 4 is 0 Å². The molecule has 2 N–H and O–H groups in total. The summed E-state index contributed by atoms with van der Waals surface area (Å²) in [5.41, 5.74) is 6.99. The van der Waals surface area contributed by atoms with Gasteiger partial charge in [0.1, 0.15) is 0 Å². The van der Waals surface area contributed by atoms with Crippen molar-refractivity contribution in [3.63, 3.8) is 0 Å². The zero-order valence-electron chi connectivity index (χ0n) is 11.5. The monoisotopic (exact) mass is 250 g/mol. The van der Waals surface area contributed by atoms with E-state index in [0.29, 0.717) is 0 Å². The molecular weight excluding hydrogens is 224 g/mol. The lowest BCUT2D eigenvalue weighted by Gasteiger charge is -2.31. The molecule has 102 valence electrons. The normalized spacial score (nSPS) is 18.3. The molecule has 1 aliphatic rings. The zero-order chi connectivity index (χ0) is 12.8. The van der Waals surface area contributed by atoms with E-state index in [2.05, 4.69) is 27.7 Å². The number of aromatic nitrogens is 2. The van der Waals surface area contributed by atoms with Crippen LogP contribution in [0.15, 0.2) is 12.3 Å². The molecular formula is C14H26N4. The quantitative estimate of drug-likeness (QED) is 0.838. The maximum atomic E-state index is 5.63. The second-order valence-corrected chi connectivity index (χ2v) is 5.34. The Kier molecular flexibility index (Phi) is 5.20. The summed E-state index contributed by atoms with van der Waals surface area (Å²) in [5.74, 6) is 0.854. The molecule has 0 aliphatic carbocycles. The van der Waals surface area contributed by atoms with Crippen LogP contribution in [0.3, 0.4) is 0 Å². The summed E-state index contributed by atoms with van der Waals surface area (Å²) in [7, 11) is 0. The summed E-state index contributed by atoms with van der Waals surface area (Å²) in [5, 5.41) is 4.39. The first kappa shape index (κ1) is 13.6. The standard InChI is InChI=1S/C14H26N4/c1-2-9-18-14(4-8-16-18)12-17-10-5-13(3-7-15)6-11-17/h4,8,13H,2-3,5-7,9-12,15H2,1H3. The SMILES string of the molecule is CCCn1nccc1CN1CCC(CCN)CC1. The van der Waals surface area contributed by atoms with Crippen molar-refractivity contribution in [3.05, 3.63) is 18.0 Å². The average Bonchev–Trinajstić information content (AvgIpc) is 2.80. The Morgan fingerprint density at radius 3 is 2.83 bits per heavy atom. The van der Waals surface area contributed by atoms with Gasteiger partial charge < -0.3 is 5.73 Å². The Balaban J connectivity index is 1.82. The van der Waals surface area contributed by atoms with Crippen molar-refractivity contribution in [1.29, 1.82) is 0 Å². The van der Waals surface area contributed by atoms with Crippen LogP contribution in [-0.4, -0.2) is 34.3 Å². The van der Waals surface area contributed by atoms with E-state index < -0.39 is 0 Å². The van der Waals surface area contributed by atoms with Crippen molar-refractivity contribution in [2.75, 3.05) is 19.6 Å². The van der Waals surface area contributed by atoms with E-state index in [1.54, 1.807) is 0 Å². The highest BCUT2D eigenvalue weighted by molar-refractivity contribution is 5.00. The van der Waals surface area contributed by atoms with Crippen molar-refractivity contribution in [3.8, 4) is 0 Å². The van der Waals surface area contributed by atoms with Gasteiger partial charge in [-0.05, 0) is 57.3 Å². The van der Waals surface area contributed by atoms with Gasteiger partial charge in [-0.15, -0.1) is 0 Å². The van der Waals surface area contributed by atoms with Crippen molar-refractivity contribution in [2.45, 2.75) is 45.7 Å². The molecule has 1 fully saturated rings. The molecule has 0 radical (unpaired) electrons. The molecule has 2 rings (SSSR count). The van der Waals surface area contributed by atoms with Gasteiger partial charge in [0.2, 0.25) is 0 Å². The van der Waals surface area contributed by atoms with Gasteiger partial charge in [0.25, 0.3) is 0 Å². The van der Waals surface area contributed by atoms with Crippen LogP contribution < -0.4 is 5.73 Å². The van der Waals surface area contributed by atoms with Gasteiger partial charge in [0.05, 0.1) is 5.69 Å². The molecule has 1 aromatic heterocycles. The highest BCUT2D eigenvalue weighted by atomic mass is 15.3. The number of hydrogen-bond donors (Lipinski definition) is 1. The van der Waals surface area contributed by atoms with Gasteiger partial charge in [-0.1, -0.05) is 6.92 Å². The molecule has 0 bridgehead atoms. The minimum Gasteiger partial charge on any atom is -0.330 e. The van der Waals surface area contributed by atoms with E-state index in [-0.39, 0.29) is 0 Å². The number of hydrogen-bond acceptors (Lipinski definition) is 3. The summed E-state index contributed by atoms with van der Waals surface area (Å²) < 4.78 is 2.14. The molecule has 0 atom stereocenters. The summed E-state index contributed by atoms with van der Waals surface area (Å²) in [6.07, 6.45) is 6.87. The Hall–Kier alpha value is -0.870. The van der Waals surface area contributed by atoms with E-state index >= 15 is 0 Å². The Labute approximate surface area is 110 Å². The van der Waals surface area contributed by atoms with E-state index in [1.165, 1.54) is 38.0 Å². The predicted octanol–water partition coefficient (Wildman–Crippen LogP) is 1.85. The molecule has 0 saturated carbocycles. The number of likely N-dealkylation sites (tertiary alicyclic amines) is 1. The fourth-order valence-electron chi connectivity index (χ4n) is 2.81. The highest BCUT2D eigenvalue weighted by Gasteiger charge is 2.19. The molecule has 18 heavy (non-hydrogen) atoms. The number of nitrogens with two attached hydrogens (primary N) is 1. The first-order valence-electron chi connectivity index (χ1n) is 7.26. The second-order valence-electron chi connectivity index (χ2n) is 5.34. The third kappa shape index (κ3) is 3.56. The van der Waals surface area contributed by atoms with Crippen molar-refractivity contribution in [1.82, 2.24) is 14.7 Å². The molecule has 0 aromatic carbocycles. The van der Waals surface area contributed by atoms with Crippen LogP contribution in [0.4, 0.5) is 0 Å². The Morgan fingerprint density at radius 1 is 1.39 bits per heavy atom. The fraction of sp³-hybridized carbons (Fsp3) is 0.786. The lowest BCUT2D eigenvalue weighted by Crippen LogP contribution is -2.34. The minimum atomic E-state index is 0.841. The molecule has 0 unspecified atom stereocenters. The van der Waals surface area contributed by atoms with Crippen LogP contribution in [0.5, 0.6) is 0 Å². The first-order chi connectivity index (χ1) is 8.83. The fourth-order valence-corrected chi connectivity index (χ4v) is 2.81. The summed E-state index contributed by atoms with van der Waals surface area (Å²) in [4.78, 5) is 2.55. The maximum absolute atomic E-state index is 5.63. The number of aryl methyl sites for hydroxylation is 1. The zero-order valence-corrected chi connectivity index (χ0v) is 11.5. The molecule has 0 amide bonds. The average molecular weight is 250 g/mol. The van der Waals surface area contributed by atoms with Crippen LogP contribution in [0.25, 0.3) is 0 Å². The van der Waals surface area contributed by atoms with Crippen LogP contribution in [0.2, 0.25) is 0 Å². The molecule has 4 nitrogen and oxygen atoms in total. The van der Waals surface area contributed by atoms with Gasteiger partial charge in [-0.2, -0.15) is 5.10 Å². The van der Waals surface area contributed by atoms with E-state index in [4.69, 9.17) is 5.73 Å². The smallest absolute Gasteiger partial charge is 0.0524 e. The first-order valence-corrected chi connectivity index (χ1v) is 7.26. The molecule has 0 spiro atoms. The number of piperidine rings is 1. The third-order valence-electron chi connectivity index (χ3n) is 3.91. The summed E-state index contributed by atoms with van der Waals surface area (Å²) in [6, 6.07) is 2.15. The molecule has 1 aromatic rings. The van der Waals surface area contributed by atoms with Crippen LogP contribution >= 0.6 is 0 Å². The Morgan fingerprint density at radius 2 is 2.17 bits per heavy atom. The second kappa shape index (κ2) is 6.90. The largest absolute Gasteiger partial charge is 0.330 e. The van der Waals surface area contributed by atoms with Crippen LogP contribution in [0, 0.1) is 5.92 Å². The van der Waals surface area contributed by atoms with E-state index in [0.717, 1.165) is 32.0 Å². The lowest BCUT2D eigenvalue weighted by molar-refractivity contribution is 0.169. The number of nitrogens with zero attached hydrogens (tertiary/aromatic N) is 3. The van der Waals surface area contributed by atoms with Crippen molar-refractivity contribution in [2.24, 2.45) is 11.7 Å². The van der Waals surface area contributed by atoms with Gasteiger partial charge in [0, 0.05) is 19.3 Å². The lowest BCUT2D eigenvalue weighted by atomic mass is 9.93. The maximum Gasteiger partial charge on any atom is 0.0524 e. The molecule has 1 saturated heterocycles. The molecule has 1 aliphatic heterocycles. The topological polar surface area (TPSA) is 47.1 Å². The number of rotatable bonds is 6. The Bertz CT molecular complexity index is 339. The molecule has 2 heterocycles. The predicted molar refractivity (Wildman–Crippen MR) is 74.2 cm³/mol. The van der Waals surface area contributed by atoms with Crippen molar-refractivity contribution < 1.29 is 0 Å². The van der Waals surface area contributed by atoms with Gasteiger partial charge in [-0.25, -0.2) is 0 Å². The summed E-state index contributed by atoms with van der Waals surface area (Å²) in [6.45, 7) is 7.54. The van der Waals surface area contributed by atoms with Gasteiger partial charge in [-0.3, -0.25) is 9.58 Å². The van der Waals surface area contributed by atoms with Gasteiger partial charge >= 0.3 is 0 Å². The van der Waals surface area contributed by atoms with Crippen LogP contribution in [0.1, 0.15) is 38.3 Å². The molecule has 4 heteroatoms. The van der Waals surface area contributed by atoms with E-state index in [1.807, 2.05) is 6.20 Å². The van der Waals surface area contributed by atoms with Gasteiger partial charge in [0.15, 0.2) is 0 Å². The summed E-state index contributed by atoms with van der Waals surface area (Å²) >= 11 is 0.